The Morgan fingerprint density at radius 1 is 1.16 bits per heavy atom. The maximum Gasteiger partial charge on any atom is 0.220 e. The van der Waals surface area contributed by atoms with Gasteiger partial charge in [0.1, 0.15) is 12.4 Å². The largest absolute Gasteiger partial charge is 0.491 e. The van der Waals surface area contributed by atoms with Crippen LogP contribution in [-0.4, -0.2) is 24.3 Å². The Kier molecular flexibility index (Phi) is 8.16. The van der Waals surface area contributed by atoms with Crippen molar-refractivity contribution in [2.75, 3.05) is 12.4 Å². The van der Waals surface area contributed by atoms with Crippen molar-refractivity contribution in [2.45, 2.75) is 37.6 Å². The molecule has 0 aliphatic heterocycles. The van der Waals surface area contributed by atoms with Crippen LogP contribution in [0.2, 0.25) is 5.02 Å². The number of amides is 1. The molecule has 0 radical (unpaired) electrons. The van der Waals surface area contributed by atoms with Gasteiger partial charge < -0.3 is 10.1 Å². The van der Waals surface area contributed by atoms with E-state index in [1.165, 1.54) is 10.5 Å². The second-order valence-corrected chi connectivity index (χ2v) is 7.60. The Morgan fingerprint density at radius 3 is 2.52 bits per heavy atom. The SMILES string of the molecule is Cc1ccc(OC[C@H](C)NC(=O)CCCSc2ccc(Cl)cc2)cc1. The Balaban J connectivity index is 1.59. The van der Waals surface area contributed by atoms with E-state index in [0.29, 0.717) is 13.0 Å². The fraction of sp³-hybridized carbons (Fsp3) is 0.350. The minimum Gasteiger partial charge on any atom is -0.491 e. The van der Waals surface area contributed by atoms with E-state index in [1.54, 1.807) is 11.8 Å². The molecule has 0 aromatic heterocycles. The van der Waals surface area contributed by atoms with E-state index in [4.69, 9.17) is 16.3 Å². The topological polar surface area (TPSA) is 38.3 Å². The van der Waals surface area contributed by atoms with Gasteiger partial charge in [0.25, 0.3) is 0 Å². The molecule has 0 aliphatic rings. The van der Waals surface area contributed by atoms with E-state index in [1.807, 2.05) is 62.4 Å². The molecule has 0 saturated heterocycles. The van der Waals surface area contributed by atoms with Gasteiger partial charge in [0.15, 0.2) is 0 Å². The lowest BCUT2D eigenvalue weighted by Crippen LogP contribution is -2.36. The average Bonchev–Trinajstić information content (AvgIpc) is 2.60. The van der Waals surface area contributed by atoms with E-state index < -0.39 is 0 Å². The van der Waals surface area contributed by atoms with Gasteiger partial charge in [0.2, 0.25) is 5.91 Å². The number of nitrogens with one attached hydrogen (secondary N) is 1. The van der Waals surface area contributed by atoms with Crippen LogP contribution in [0.4, 0.5) is 0 Å². The molecule has 5 heteroatoms. The molecule has 0 saturated carbocycles. The van der Waals surface area contributed by atoms with Crippen LogP contribution in [0, 0.1) is 6.92 Å². The van der Waals surface area contributed by atoms with E-state index in [2.05, 4.69) is 5.32 Å². The monoisotopic (exact) mass is 377 g/mol. The molecule has 0 spiro atoms. The summed E-state index contributed by atoms with van der Waals surface area (Å²) in [5.41, 5.74) is 1.20. The third-order valence-electron chi connectivity index (χ3n) is 3.56. The van der Waals surface area contributed by atoms with Gasteiger partial charge in [-0.1, -0.05) is 29.3 Å². The first-order valence-electron chi connectivity index (χ1n) is 8.40. The predicted octanol–water partition coefficient (Wildman–Crippen LogP) is 5.10. The maximum absolute atomic E-state index is 12.0. The zero-order chi connectivity index (χ0) is 18.1. The van der Waals surface area contributed by atoms with Crippen molar-refractivity contribution in [2.24, 2.45) is 0 Å². The van der Waals surface area contributed by atoms with Gasteiger partial charge in [-0.3, -0.25) is 4.79 Å². The Hall–Kier alpha value is -1.65. The second kappa shape index (κ2) is 10.4. The van der Waals surface area contributed by atoms with Crippen LogP contribution in [0.1, 0.15) is 25.3 Å². The summed E-state index contributed by atoms with van der Waals surface area (Å²) in [6.45, 7) is 4.46. The Bertz CT molecular complexity index is 658. The lowest BCUT2D eigenvalue weighted by Gasteiger charge is -2.15. The Labute approximate surface area is 159 Å². The summed E-state index contributed by atoms with van der Waals surface area (Å²) < 4.78 is 5.69. The molecule has 2 rings (SSSR count). The summed E-state index contributed by atoms with van der Waals surface area (Å²) >= 11 is 7.60. The molecular formula is C20H24ClNO2S. The van der Waals surface area contributed by atoms with Crippen LogP contribution in [0.5, 0.6) is 5.75 Å². The second-order valence-electron chi connectivity index (χ2n) is 6.00. The number of aryl methyl sites for hydroxylation is 1. The van der Waals surface area contributed by atoms with Crippen molar-refractivity contribution < 1.29 is 9.53 Å². The van der Waals surface area contributed by atoms with Gasteiger partial charge in [-0.05, 0) is 62.4 Å². The van der Waals surface area contributed by atoms with Gasteiger partial charge in [0, 0.05) is 16.3 Å². The van der Waals surface area contributed by atoms with Gasteiger partial charge >= 0.3 is 0 Å². The minimum atomic E-state index is -0.0160. The summed E-state index contributed by atoms with van der Waals surface area (Å²) in [5, 5.41) is 3.72. The van der Waals surface area contributed by atoms with E-state index in [9.17, 15) is 4.79 Å². The first kappa shape index (κ1) is 19.7. The first-order chi connectivity index (χ1) is 12.0. The van der Waals surface area contributed by atoms with Crippen molar-refractivity contribution in [1.29, 1.82) is 0 Å². The molecule has 0 fully saturated rings. The fourth-order valence-corrected chi connectivity index (χ4v) is 3.18. The van der Waals surface area contributed by atoms with Crippen molar-refractivity contribution in [3.8, 4) is 5.75 Å². The number of benzene rings is 2. The molecule has 1 atom stereocenters. The molecule has 0 heterocycles. The third-order valence-corrected chi connectivity index (χ3v) is 4.91. The van der Waals surface area contributed by atoms with Crippen LogP contribution in [0.15, 0.2) is 53.4 Å². The van der Waals surface area contributed by atoms with Crippen LogP contribution in [0.25, 0.3) is 0 Å². The molecule has 25 heavy (non-hydrogen) atoms. The summed E-state index contributed by atoms with van der Waals surface area (Å²) in [7, 11) is 0. The smallest absolute Gasteiger partial charge is 0.220 e. The standard InChI is InChI=1S/C20H24ClNO2S/c1-15-5-9-18(10-6-15)24-14-16(2)22-20(23)4-3-13-25-19-11-7-17(21)8-12-19/h5-12,16H,3-4,13-14H2,1-2H3,(H,22,23)/t16-/m0/s1. The summed E-state index contributed by atoms with van der Waals surface area (Å²) in [6, 6.07) is 15.6. The lowest BCUT2D eigenvalue weighted by molar-refractivity contribution is -0.121. The lowest BCUT2D eigenvalue weighted by atomic mass is 10.2. The van der Waals surface area contributed by atoms with Gasteiger partial charge in [-0.25, -0.2) is 0 Å². The van der Waals surface area contributed by atoms with Crippen LogP contribution in [-0.2, 0) is 4.79 Å². The average molecular weight is 378 g/mol. The quantitative estimate of drug-likeness (QED) is 0.487. The van der Waals surface area contributed by atoms with Crippen molar-refractivity contribution >= 4 is 29.3 Å². The number of rotatable bonds is 9. The number of thioether (sulfide) groups is 1. The highest BCUT2D eigenvalue weighted by molar-refractivity contribution is 7.99. The highest BCUT2D eigenvalue weighted by Crippen LogP contribution is 2.21. The highest BCUT2D eigenvalue weighted by Gasteiger charge is 2.08. The molecular weight excluding hydrogens is 354 g/mol. The fourth-order valence-electron chi connectivity index (χ4n) is 2.20. The number of halogens is 1. The van der Waals surface area contributed by atoms with Crippen LogP contribution >= 0.6 is 23.4 Å². The van der Waals surface area contributed by atoms with Crippen LogP contribution in [0.3, 0.4) is 0 Å². The molecule has 0 unspecified atom stereocenters. The molecule has 134 valence electrons. The van der Waals surface area contributed by atoms with Gasteiger partial charge in [-0.2, -0.15) is 0 Å². The Morgan fingerprint density at radius 2 is 1.84 bits per heavy atom. The van der Waals surface area contributed by atoms with Gasteiger partial charge in [-0.15, -0.1) is 11.8 Å². The van der Waals surface area contributed by atoms with E-state index >= 15 is 0 Å². The molecule has 2 aromatic rings. The van der Waals surface area contributed by atoms with Crippen LogP contribution < -0.4 is 10.1 Å². The van der Waals surface area contributed by atoms with E-state index in [0.717, 1.165) is 22.9 Å². The molecule has 1 amide bonds. The number of hydrogen-bond acceptors (Lipinski definition) is 3. The summed E-state index contributed by atoms with van der Waals surface area (Å²) in [5.74, 6) is 1.80. The minimum absolute atomic E-state index is 0.0160. The normalized spacial score (nSPS) is 11.8. The first-order valence-corrected chi connectivity index (χ1v) is 9.76. The zero-order valence-electron chi connectivity index (χ0n) is 14.6. The van der Waals surface area contributed by atoms with Crippen molar-refractivity contribution in [1.82, 2.24) is 5.32 Å². The third kappa shape index (κ3) is 7.84. The molecule has 0 aliphatic carbocycles. The van der Waals surface area contributed by atoms with Crippen molar-refractivity contribution in [3.63, 3.8) is 0 Å². The number of carbonyl (C=O) groups excluding carboxylic acids is 1. The van der Waals surface area contributed by atoms with E-state index in [-0.39, 0.29) is 11.9 Å². The number of carbonyl (C=O) groups is 1. The zero-order valence-corrected chi connectivity index (χ0v) is 16.2. The molecule has 2 aromatic carbocycles. The maximum atomic E-state index is 12.0. The number of ether oxygens (including phenoxy) is 1. The molecule has 0 bridgehead atoms. The molecule has 3 nitrogen and oxygen atoms in total. The van der Waals surface area contributed by atoms with Gasteiger partial charge in [0.05, 0.1) is 6.04 Å². The highest BCUT2D eigenvalue weighted by atomic mass is 35.5. The summed E-state index contributed by atoms with van der Waals surface area (Å²) in [6.07, 6.45) is 1.36. The molecule has 1 N–H and O–H groups in total. The predicted molar refractivity (Wildman–Crippen MR) is 106 cm³/mol. The van der Waals surface area contributed by atoms with Crippen molar-refractivity contribution in [3.05, 3.63) is 59.1 Å². The summed E-state index contributed by atoms with van der Waals surface area (Å²) in [4.78, 5) is 13.1. The number of hydrogen-bond donors (Lipinski definition) is 1.